The fourth-order valence-electron chi connectivity index (χ4n) is 1.20. The number of aromatic nitrogens is 3. The molecule has 0 saturated carbocycles. The van der Waals surface area contributed by atoms with Crippen molar-refractivity contribution in [2.45, 2.75) is 11.8 Å². The van der Waals surface area contributed by atoms with Crippen LogP contribution in [0.2, 0.25) is 0 Å². The van der Waals surface area contributed by atoms with Crippen molar-refractivity contribution in [1.29, 1.82) is 0 Å². The molecule has 1 aromatic carbocycles. The second-order valence-corrected chi connectivity index (χ2v) is 5.80. The lowest BCUT2D eigenvalue weighted by Crippen LogP contribution is -1.94. The van der Waals surface area contributed by atoms with E-state index in [0.29, 0.717) is 0 Å². The van der Waals surface area contributed by atoms with Gasteiger partial charge in [-0.2, -0.15) is 0 Å². The van der Waals surface area contributed by atoms with Gasteiger partial charge in [0.15, 0.2) is 0 Å². The largest absolute Gasteiger partial charge is 0.220 e. The van der Waals surface area contributed by atoms with Gasteiger partial charge >= 0.3 is 0 Å². The van der Waals surface area contributed by atoms with Gasteiger partial charge < -0.3 is 0 Å². The Kier molecular flexibility index (Phi) is 3.40. The van der Waals surface area contributed by atoms with Crippen LogP contribution in [-0.4, -0.2) is 15.0 Å². The molecule has 0 N–H and O–H groups in total. The van der Waals surface area contributed by atoms with Crippen molar-refractivity contribution in [2.75, 3.05) is 0 Å². The highest BCUT2D eigenvalue weighted by Gasteiger charge is 2.07. The van der Waals surface area contributed by atoms with E-state index in [4.69, 9.17) is 0 Å². The molecular weight excluding hydrogens is 369 g/mol. The van der Waals surface area contributed by atoms with E-state index in [0.717, 1.165) is 11.4 Å². The molecule has 3 nitrogen and oxygen atoms in total. The van der Waals surface area contributed by atoms with E-state index in [1.165, 1.54) is 3.57 Å². The standard InChI is InChI=1S/C10H9BrIN3/c1-7(11)10-6-15(14-13-10)9-4-2-3-8(12)5-9/h2-7H,1H3. The summed E-state index contributed by atoms with van der Waals surface area (Å²) in [6, 6.07) is 8.14. The van der Waals surface area contributed by atoms with Crippen LogP contribution in [-0.2, 0) is 0 Å². The van der Waals surface area contributed by atoms with Gasteiger partial charge in [0.05, 0.1) is 22.4 Å². The monoisotopic (exact) mass is 377 g/mol. The molecule has 1 aromatic heterocycles. The van der Waals surface area contributed by atoms with Crippen LogP contribution in [0.1, 0.15) is 17.4 Å². The van der Waals surface area contributed by atoms with E-state index in [1.54, 1.807) is 4.68 Å². The molecule has 0 radical (unpaired) electrons. The van der Waals surface area contributed by atoms with Crippen LogP contribution in [0.3, 0.4) is 0 Å². The Hall–Kier alpha value is -0.430. The molecule has 78 valence electrons. The summed E-state index contributed by atoms with van der Waals surface area (Å²) in [6.45, 7) is 2.03. The van der Waals surface area contributed by atoms with E-state index >= 15 is 0 Å². The van der Waals surface area contributed by atoms with Crippen molar-refractivity contribution in [3.05, 3.63) is 39.7 Å². The third-order valence-corrected chi connectivity index (χ3v) is 3.13. The lowest BCUT2D eigenvalue weighted by molar-refractivity contribution is 0.797. The van der Waals surface area contributed by atoms with Gasteiger partial charge in [-0.1, -0.05) is 27.2 Å². The zero-order valence-corrected chi connectivity index (χ0v) is 11.8. The summed E-state index contributed by atoms with van der Waals surface area (Å²) in [4.78, 5) is 0.231. The molecule has 2 rings (SSSR count). The second kappa shape index (κ2) is 4.61. The highest BCUT2D eigenvalue weighted by molar-refractivity contribution is 14.1. The summed E-state index contributed by atoms with van der Waals surface area (Å²) >= 11 is 5.75. The van der Waals surface area contributed by atoms with E-state index in [2.05, 4.69) is 61.0 Å². The third-order valence-electron chi connectivity index (χ3n) is 1.99. The molecule has 1 atom stereocenters. The lowest BCUT2D eigenvalue weighted by atomic mass is 10.3. The van der Waals surface area contributed by atoms with Gasteiger partial charge in [0, 0.05) is 3.57 Å². The van der Waals surface area contributed by atoms with E-state index in [-0.39, 0.29) is 4.83 Å². The summed E-state index contributed by atoms with van der Waals surface area (Å²) < 4.78 is 2.98. The van der Waals surface area contributed by atoms with Crippen molar-refractivity contribution < 1.29 is 0 Å². The Morgan fingerprint density at radius 2 is 2.27 bits per heavy atom. The van der Waals surface area contributed by atoms with Crippen molar-refractivity contribution in [3.8, 4) is 5.69 Å². The Balaban J connectivity index is 2.37. The molecule has 0 spiro atoms. The summed E-state index contributed by atoms with van der Waals surface area (Å²) in [6.07, 6.45) is 1.94. The quantitative estimate of drug-likeness (QED) is 0.593. The van der Waals surface area contributed by atoms with Gasteiger partial charge in [0.25, 0.3) is 0 Å². The van der Waals surface area contributed by atoms with E-state index < -0.39 is 0 Å². The average Bonchev–Trinajstić information content (AvgIpc) is 2.66. The van der Waals surface area contributed by atoms with E-state index in [1.807, 2.05) is 25.3 Å². The first-order valence-electron chi connectivity index (χ1n) is 4.49. The number of rotatable bonds is 2. The molecule has 0 bridgehead atoms. The van der Waals surface area contributed by atoms with Crippen molar-refractivity contribution in [2.24, 2.45) is 0 Å². The van der Waals surface area contributed by atoms with Crippen LogP contribution in [0.4, 0.5) is 0 Å². The maximum Gasteiger partial charge on any atom is 0.0965 e. The van der Waals surface area contributed by atoms with Gasteiger partial charge in [-0.05, 0) is 47.7 Å². The van der Waals surface area contributed by atoms with Crippen LogP contribution >= 0.6 is 38.5 Å². The SMILES string of the molecule is CC(Br)c1cn(-c2cccc(I)c2)nn1. The number of hydrogen-bond acceptors (Lipinski definition) is 2. The number of nitrogens with zero attached hydrogens (tertiary/aromatic N) is 3. The predicted molar refractivity (Wildman–Crippen MR) is 71.4 cm³/mol. The molecule has 0 fully saturated rings. The number of hydrogen-bond donors (Lipinski definition) is 0. The summed E-state index contributed by atoms with van der Waals surface area (Å²) in [7, 11) is 0. The fraction of sp³-hybridized carbons (Fsp3) is 0.200. The lowest BCUT2D eigenvalue weighted by Gasteiger charge is -1.99. The molecule has 1 unspecified atom stereocenters. The highest BCUT2D eigenvalue weighted by Crippen LogP contribution is 2.19. The summed E-state index contributed by atoms with van der Waals surface area (Å²) in [5.74, 6) is 0. The average molecular weight is 378 g/mol. The third kappa shape index (κ3) is 2.57. The van der Waals surface area contributed by atoms with Crippen molar-refractivity contribution in [1.82, 2.24) is 15.0 Å². The minimum atomic E-state index is 0.231. The zero-order chi connectivity index (χ0) is 10.8. The van der Waals surface area contributed by atoms with Crippen molar-refractivity contribution >= 4 is 38.5 Å². The van der Waals surface area contributed by atoms with Crippen LogP contribution in [0.5, 0.6) is 0 Å². The number of alkyl halides is 1. The van der Waals surface area contributed by atoms with Gasteiger partial charge in [-0.15, -0.1) is 5.10 Å². The minimum absolute atomic E-state index is 0.231. The van der Waals surface area contributed by atoms with Crippen molar-refractivity contribution in [3.63, 3.8) is 0 Å². The van der Waals surface area contributed by atoms with Gasteiger partial charge in [-0.3, -0.25) is 0 Å². The number of halogens is 2. The molecule has 15 heavy (non-hydrogen) atoms. The molecular formula is C10H9BrIN3. The molecule has 1 heterocycles. The first-order chi connectivity index (χ1) is 7.16. The molecule has 0 aliphatic rings. The van der Waals surface area contributed by atoms with E-state index in [9.17, 15) is 0 Å². The normalized spacial score (nSPS) is 12.7. The smallest absolute Gasteiger partial charge is 0.0965 e. The van der Waals surface area contributed by atoms with Gasteiger partial charge in [-0.25, -0.2) is 4.68 Å². The highest BCUT2D eigenvalue weighted by atomic mass is 127. The Bertz CT molecular complexity index is 467. The molecule has 0 aliphatic heterocycles. The fourth-order valence-corrected chi connectivity index (χ4v) is 1.94. The maximum atomic E-state index is 4.09. The van der Waals surface area contributed by atoms with Crippen LogP contribution < -0.4 is 0 Å². The van der Waals surface area contributed by atoms with Crippen LogP contribution in [0.25, 0.3) is 5.69 Å². The van der Waals surface area contributed by atoms with Crippen LogP contribution in [0.15, 0.2) is 30.5 Å². The summed E-state index contributed by atoms with van der Waals surface area (Å²) in [5, 5.41) is 8.17. The number of benzene rings is 1. The summed E-state index contributed by atoms with van der Waals surface area (Å²) in [5.41, 5.74) is 1.97. The topological polar surface area (TPSA) is 30.7 Å². The van der Waals surface area contributed by atoms with Gasteiger partial charge in [0.2, 0.25) is 0 Å². The molecule has 0 saturated heterocycles. The maximum absolute atomic E-state index is 4.09. The molecule has 5 heteroatoms. The Labute approximate surface area is 110 Å². The zero-order valence-electron chi connectivity index (χ0n) is 8.06. The Morgan fingerprint density at radius 3 is 2.87 bits per heavy atom. The van der Waals surface area contributed by atoms with Gasteiger partial charge in [0.1, 0.15) is 0 Å². The second-order valence-electron chi connectivity index (χ2n) is 3.18. The molecule has 0 aliphatic carbocycles. The van der Waals surface area contributed by atoms with Crippen LogP contribution in [0, 0.1) is 3.57 Å². The Morgan fingerprint density at radius 1 is 1.47 bits per heavy atom. The predicted octanol–water partition coefficient (Wildman–Crippen LogP) is 3.33. The minimum Gasteiger partial charge on any atom is -0.220 e. The molecule has 2 aromatic rings. The molecule has 0 amide bonds. The first kappa shape index (κ1) is 11.1. The first-order valence-corrected chi connectivity index (χ1v) is 6.48.